The first-order chi connectivity index (χ1) is 10.2. The molecule has 21 heavy (non-hydrogen) atoms. The number of morpholine rings is 1. The van der Waals surface area contributed by atoms with E-state index >= 15 is 0 Å². The molecule has 0 saturated carbocycles. The lowest BCUT2D eigenvalue weighted by atomic mass is 10.3. The zero-order valence-electron chi connectivity index (χ0n) is 11.0. The summed E-state index contributed by atoms with van der Waals surface area (Å²) in [5.41, 5.74) is 0. The van der Waals surface area contributed by atoms with Gasteiger partial charge in [-0.15, -0.1) is 11.3 Å². The second-order valence-electron chi connectivity index (χ2n) is 4.47. The molecule has 0 bridgehead atoms. The minimum absolute atomic E-state index is 0.203. The number of hydrogen-bond donors (Lipinski definition) is 1. The Morgan fingerprint density at radius 2 is 2.38 bits per heavy atom. The third-order valence-corrected chi connectivity index (χ3v) is 3.91. The Labute approximate surface area is 124 Å². The standard InChI is InChI=1S/C13H13FN4O2S/c14-9-1-2-11(16-7-9)17-13(19)18-4-5-20-10(8-18)12-15-3-6-21-12/h1-3,6-7,10H,4-5,8H2,(H,16,17,19)/t10-/m0/s1. The minimum Gasteiger partial charge on any atom is -0.367 e. The quantitative estimate of drug-likeness (QED) is 0.924. The number of nitrogens with zero attached hydrogens (tertiary/aromatic N) is 3. The molecule has 0 unspecified atom stereocenters. The molecule has 1 saturated heterocycles. The smallest absolute Gasteiger partial charge is 0.323 e. The Bertz CT molecular complexity index is 605. The Balaban J connectivity index is 1.63. The average molecular weight is 308 g/mol. The summed E-state index contributed by atoms with van der Waals surface area (Å²) in [7, 11) is 0. The van der Waals surface area contributed by atoms with E-state index in [1.54, 1.807) is 11.1 Å². The fourth-order valence-electron chi connectivity index (χ4n) is 2.02. The first kappa shape index (κ1) is 13.9. The van der Waals surface area contributed by atoms with Crippen LogP contribution in [0.15, 0.2) is 29.9 Å². The Morgan fingerprint density at radius 1 is 1.48 bits per heavy atom. The lowest BCUT2D eigenvalue weighted by Gasteiger charge is -2.31. The summed E-state index contributed by atoms with van der Waals surface area (Å²) in [6, 6.07) is 2.39. The maximum atomic E-state index is 12.8. The highest BCUT2D eigenvalue weighted by Crippen LogP contribution is 2.24. The van der Waals surface area contributed by atoms with Gasteiger partial charge in [-0.25, -0.2) is 19.2 Å². The van der Waals surface area contributed by atoms with E-state index in [0.29, 0.717) is 25.5 Å². The largest absolute Gasteiger partial charge is 0.367 e. The Hall–Kier alpha value is -2.06. The monoisotopic (exact) mass is 308 g/mol. The zero-order chi connectivity index (χ0) is 14.7. The molecule has 1 aliphatic heterocycles. The molecular weight excluding hydrogens is 295 g/mol. The maximum absolute atomic E-state index is 12.8. The van der Waals surface area contributed by atoms with Crippen LogP contribution in [0.5, 0.6) is 0 Å². The Morgan fingerprint density at radius 3 is 3.10 bits per heavy atom. The molecule has 3 rings (SSSR count). The van der Waals surface area contributed by atoms with E-state index in [1.807, 2.05) is 5.38 Å². The van der Waals surface area contributed by atoms with Gasteiger partial charge >= 0.3 is 6.03 Å². The van der Waals surface area contributed by atoms with Gasteiger partial charge < -0.3 is 9.64 Å². The van der Waals surface area contributed by atoms with Gasteiger partial charge in [-0.05, 0) is 12.1 Å². The summed E-state index contributed by atoms with van der Waals surface area (Å²) < 4.78 is 18.4. The highest BCUT2D eigenvalue weighted by Gasteiger charge is 2.27. The molecule has 2 amide bonds. The second kappa shape index (κ2) is 6.15. The molecule has 1 atom stereocenters. The summed E-state index contributed by atoms with van der Waals surface area (Å²) in [6.07, 6.45) is 2.57. The molecule has 1 aliphatic rings. The molecule has 2 aromatic rings. The van der Waals surface area contributed by atoms with Crippen LogP contribution in [0.3, 0.4) is 0 Å². The number of carbonyl (C=O) groups is 1. The number of nitrogens with one attached hydrogen (secondary N) is 1. The van der Waals surface area contributed by atoms with Gasteiger partial charge in [0, 0.05) is 18.1 Å². The molecule has 1 N–H and O–H groups in total. The number of carbonyl (C=O) groups excluding carboxylic acids is 1. The van der Waals surface area contributed by atoms with E-state index in [9.17, 15) is 9.18 Å². The lowest BCUT2D eigenvalue weighted by molar-refractivity contribution is -0.0136. The van der Waals surface area contributed by atoms with Gasteiger partial charge in [-0.3, -0.25) is 5.32 Å². The van der Waals surface area contributed by atoms with Gasteiger partial charge in [0.1, 0.15) is 22.7 Å². The molecule has 110 valence electrons. The topological polar surface area (TPSA) is 67.4 Å². The van der Waals surface area contributed by atoms with Gasteiger partial charge in [-0.1, -0.05) is 0 Å². The van der Waals surface area contributed by atoms with E-state index in [-0.39, 0.29) is 12.1 Å². The number of amides is 2. The average Bonchev–Trinajstić information content (AvgIpc) is 3.04. The molecule has 3 heterocycles. The van der Waals surface area contributed by atoms with Crippen molar-refractivity contribution in [1.29, 1.82) is 0 Å². The van der Waals surface area contributed by atoms with E-state index in [2.05, 4.69) is 15.3 Å². The fourth-order valence-corrected chi connectivity index (χ4v) is 2.69. The highest BCUT2D eigenvalue weighted by molar-refractivity contribution is 7.09. The van der Waals surface area contributed by atoms with Gasteiger partial charge in [0.25, 0.3) is 0 Å². The van der Waals surface area contributed by atoms with Crippen LogP contribution in [0.4, 0.5) is 15.0 Å². The van der Waals surface area contributed by atoms with Crippen molar-refractivity contribution in [2.45, 2.75) is 6.10 Å². The number of thiazole rings is 1. The molecule has 1 fully saturated rings. The van der Waals surface area contributed by atoms with Crippen molar-refractivity contribution < 1.29 is 13.9 Å². The summed E-state index contributed by atoms with van der Waals surface area (Å²) in [6.45, 7) is 1.38. The van der Waals surface area contributed by atoms with Gasteiger partial charge in [0.2, 0.25) is 0 Å². The third kappa shape index (κ3) is 3.34. The predicted molar refractivity (Wildman–Crippen MR) is 75.6 cm³/mol. The van der Waals surface area contributed by atoms with E-state index in [1.165, 1.54) is 23.5 Å². The minimum atomic E-state index is -0.441. The number of anilines is 1. The molecule has 8 heteroatoms. The zero-order valence-corrected chi connectivity index (χ0v) is 11.8. The van der Waals surface area contributed by atoms with Gasteiger partial charge in [-0.2, -0.15) is 0 Å². The van der Waals surface area contributed by atoms with Crippen molar-refractivity contribution in [3.05, 3.63) is 40.7 Å². The Kier molecular flexibility index (Phi) is 4.07. The van der Waals surface area contributed by atoms with Crippen molar-refractivity contribution >= 4 is 23.2 Å². The summed E-state index contributed by atoms with van der Waals surface area (Å²) in [4.78, 5) is 21.8. The van der Waals surface area contributed by atoms with Crippen LogP contribution in [0, 0.1) is 5.82 Å². The maximum Gasteiger partial charge on any atom is 0.323 e. The van der Waals surface area contributed by atoms with Crippen molar-refractivity contribution in [3.63, 3.8) is 0 Å². The first-order valence-electron chi connectivity index (χ1n) is 6.41. The summed E-state index contributed by atoms with van der Waals surface area (Å²) in [5.74, 6) is -0.123. The van der Waals surface area contributed by atoms with Crippen LogP contribution in [-0.4, -0.2) is 40.6 Å². The first-order valence-corrected chi connectivity index (χ1v) is 7.29. The van der Waals surface area contributed by atoms with Crippen LogP contribution in [0.1, 0.15) is 11.1 Å². The molecule has 0 spiro atoms. The number of halogens is 1. The van der Waals surface area contributed by atoms with Crippen molar-refractivity contribution in [1.82, 2.24) is 14.9 Å². The number of hydrogen-bond acceptors (Lipinski definition) is 5. The van der Waals surface area contributed by atoms with Crippen LogP contribution in [-0.2, 0) is 4.74 Å². The van der Waals surface area contributed by atoms with Crippen molar-refractivity contribution in [2.75, 3.05) is 25.0 Å². The molecule has 0 aliphatic carbocycles. The number of urea groups is 1. The van der Waals surface area contributed by atoms with Crippen LogP contribution < -0.4 is 5.32 Å². The van der Waals surface area contributed by atoms with E-state index < -0.39 is 5.82 Å². The number of rotatable bonds is 2. The van der Waals surface area contributed by atoms with Crippen LogP contribution >= 0.6 is 11.3 Å². The van der Waals surface area contributed by atoms with E-state index in [0.717, 1.165) is 11.2 Å². The normalized spacial score (nSPS) is 18.5. The molecular formula is C13H13FN4O2S. The number of aromatic nitrogens is 2. The molecule has 2 aromatic heterocycles. The molecule has 0 aromatic carbocycles. The third-order valence-electron chi connectivity index (χ3n) is 3.04. The summed E-state index contributed by atoms with van der Waals surface area (Å²) in [5, 5.41) is 5.37. The highest BCUT2D eigenvalue weighted by atomic mass is 32.1. The number of ether oxygens (including phenoxy) is 1. The van der Waals surface area contributed by atoms with Crippen LogP contribution in [0.2, 0.25) is 0 Å². The fraction of sp³-hybridized carbons (Fsp3) is 0.308. The molecule has 0 radical (unpaired) electrons. The van der Waals surface area contributed by atoms with Crippen LogP contribution in [0.25, 0.3) is 0 Å². The number of pyridine rings is 1. The van der Waals surface area contributed by atoms with Crippen molar-refractivity contribution in [2.24, 2.45) is 0 Å². The lowest BCUT2D eigenvalue weighted by Crippen LogP contribution is -2.44. The molecule has 6 nitrogen and oxygen atoms in total. The van der Waals surface area contributed by atoms with Crippen molar-refractivity contribution in [3.8, 4) is 0 Å². The SMILES string of the molecule is O=C(Nc1ccc(F)cn1)N1CCO[C@H](c2nccs2)C1. The summed E-state index contributed by atoms with van der Waals surface area (Å²) >= 11 is 1.50. The van der Waals surface area contributed by atoms with Gasteiger partial charge in [0.05, 0.1) is 19.3 Å². The second-order valence-corrected chi connectivity index (χ2v) is 5.39. The van der Waals surface area contributed by atoms with E-state index in [4.69, 9.17) is 4.74 Å². The van der Waals surface area contributed by atoms with Gasteiger partial charge in [0.15, 0.2) is 0 Å². The predicted octanol–water partition coefficient (Wildman–Crippen LogP) is 2.28.